The molecule has 1 aromatic carbocycles. The second kappa shape index (κ2) is 9.73. The largest absolute Gasteiger partial charge is 0.481 e. The zero-order valence-corrected chi connectivity index (χ0v) is 19.1. The van der Waals surface area contributed by atoms with Crippen LogP contribution in [0.5, 0.6) is 0 Å². The summed E-state index contributed by atoms with van der Waals surface area (Å²) >= 11 is 0. The number of carboxylic acid groups (broad SMARTS) is 1. The number of imidazole rings is 1. The third-order valence-electron chi connectivity index (χ3n) is 7.05. The van der Waals surface area contributed by atoms with E-state index in [-0.39, 0.29) is 29.8 Å². The Morgan fingerprint density at radius 1 is 1.03 bits per heavy atom. The predicted octanol–water partition coefficient (Wildman–Crippen LogP) is 4.38. The summed E-state index contributed by atoms with van der Waals surface area (Å²) < 4.78 is 29.7. The molecule has 2 aromatic heterocycles. The molecule has 0 spiro atoms. The standard InChI is InChI=1S/C24H28F2N6O3/c25-14-3-10-19(18(26)11-14)29-24-30-20-12-27-23(28-15-4-8-17(33)9-5-15)31-21(20)32(24)16-6-1-13(2-7-16)22(34)35/h3,10-13,15-17,33H,1-2,4-9H2,(H,29,30)(H,34,35)(H,27,28,31). The molecular weight excluding hydrogens is 458 g/mol. The molecular formula is C24H28F2N6O3. The van der Waals surface area contributed by atoms with Crippen molar-refractivity contribution >= 4 is 34.7 Å². The molecule has 0 atom stereocenters. The zero-order chi connectivity index (χ0) is 24.5. The first-order chi connectivity index (χ1) is 16.9. The number of rotatable bonds is 6. The minimum atomic E-state index is -0.794. The van der Waals surface area contributed by atoms with Gasteiger partial charge in [0.2, 0.25) is 11.9 Å². The summed E-state index contributed by atoms with van der Waals surface area (Å²) in [5.41, 5.74) is 1.15. The molecule has 5 rings (SSSR count). The van der Waals surface area contributed by atoms with Crippen molar-refractivity contribution in [2.45, 2.75) is 69.6 Å². The van der Waals surface area contributed by atoms with Crippen molar-refractivity contribution in [3.8, 4) is 0 Å². The highest BCUT2D eigenvalue weighted by molar-refractivity contribution is 5.77. The SMILES string of the molecule is O=C(O)C1CCC(n2c(Nc3ccc(F)cc3F)nc3cnc(NC4CCC(O)CC4)nc32)CC1. The summed E-state index contributed by atoms with van der Waals surface area (Å²) in [5, 5.41) is 25.5. The third kappa shape index (κ3) is 5.04. The van der Waals surface area contributed by atoms with Gasteiger partial charge in [0.1, 0.15) is 17.2 Å². The van der Waals surface area contributed by atoms with Crippen LogP contribution in [0.15, 0.2) is 24.4 Å². The average Bonchev–Trinajstić information content (AvgIpc) is 3.19. The minimum Gasteiger partial charge on any atom is -0.481 e. The molecule has 9 nitrogen and oxygen atoms in total. The van der Waals surface area contributed by atoms with Crippen molar-refractivity contribution in [2.24, 2.45) is 5.92 Å². The Morgan fingerprint density at radius 3 is 2.46 bits per heavy atom. The van der Waals surface area contributed by atoms with Crippen molar-refractivity contribution < 1.29 is 23.8 Å². The van der Waals surface area contributed by atoms with Gasteiger partial charge in [0, 0.05) is 18.2 Å². The van der Waals surface area contributed by atoms with Crippen LogP contribution in [0, 0.1) is 17.6 Å². The third-order valence-corrected chi connectivity index (χ3v) is 7.05. The lowest BCUT2D eigenvalue weighted by molar-refractivity contribution is -0.143. The number of aliphatic carboxylic acids is 1. The molecule has 0 saturated heterocycles. The molecule has 186 valence electrons. The quantitative estimate of drug-likeness (QED) is 0.405. The molecule has 2 saturated carbocycles. The van der Waals surface area contributed by atoms with E-state index < -0.39 is 17.6 Å². The molecule has 0 bridgehead atoms. The van der Waals surface area contributed by atoms with E-state index >= 15 is 0 Å². The van der Waals surface area contributed by atoms with Crippen LogP contribution in [0.3, 0.4) is 0 Å². The Morgan fingerprint density at radius 2 is 1.77 bits per heavy atom. The number of aliphatic hydroxyl groups is 1. The Hall–Kier alpha value is -3.34. The fraction of sp³-hybridized carbons (Fsp3) is 0.500. The van der Waals surface area contributed by atoms with Gasteiger partial charge in [0.25, 0.3) is 0 Å². The fourth-order valence-electron chi connectivity index (χ4n) is 5.09. The van der Waals surface area contributed by atoms with Crippen molar-refractivity contribution in [3.05, 3.63) is 36.0 Å². The molecule has 2 fully saturated rings. The van der Waals surface area contributed by atoms with Crippen LogP contribution < -0.4 is 10.6 Å². The summed E-state index contributed by atoms with van der Waals surface area (Å²) in [6, 6.07) is 3.35. The van der Waals surface area contributed by atoms with Gasteiger partial charge in [-0.1, -0.05) is 0 Å². The van der Waals surface area contributed by atoms with E-state index in [2.05, 4.69) is 20.6 Å². The molecule has 0 unspecified atom stereocenters. The average molecular weight is 487 g/mol. The Labute approximate surface area is 200 Å². The van der Waals surface area contributed by atoms with E-state index in [0.29, 0.717) is 48.7 Å². The van der Waals surface area contributed by atoms with Crippen molar-refractivity contribution in [1.82, 2.24) is 19.5 Å². The lowest BCUT2D eigenvalue weighted by Crippen LogP contribution is -2.29. The highest BCUT2D eigenvalue weighted by atomic mass is 19.1. The highest BCUT2D eigenvalue weighted by Gasteiger charge is 2.30. The van der Waals surface area contributed by atoms with Crippen LogP contribution in [0.2, 0.25) is 0 Å². The first kappa shape index (κ1) is 23.4. The van der Waals surface area contributed by atoms with Crippen molar-refractivity contribution in [3.63, 3.8) is 0 Å². The van der Waals surface area contributed by atoms with E-state index in [9.17, 15) is 23.8 Å². The zero-order valence-electron chi connectivity index (χ0n) is 19.1. The van der Waals surface area contributed by atoms with E-state index in [1.165, 1.54) is 12.1 Å². The number of benzene rings is 1. The van der Waals surface area contributed by atoms with Crippen LogP contribution >= 0.6 is 0 Å². The van der Waals surface area contributed by atoms with Crippen LogP contribution in [0.4, 0.5) is 26.4 Å². The Balaban J connectivity index is 1.48. The van der Waals surface area contributed by atoms with E-state index in [1.54, 1.807) is 6.20 Å². The first-order valence-corrected chi connectivity index (χ1v) is 12.0. The normalized spacial score (nSPS) is 24.9. The summed E-state index contributed by atoms with van der Waals surface area (Å²) in [6.07, 6.45) is 6.67. The number of aliphatic hydroxyl groups excluding tert-OH is 1. The number of hydrogen-bond acceptors (Lipinski definition) is 7. The van der Waals surface area contributed by atoms with Gasteiger partial charge in [0.15, 0.2) is 5.65 Å². The second-order valence-corrected chi connectivity index (χ2v) is 9.45. The van der Waals surface area contributed by atoms with Gasteiger partial charge in [-0.15, -0.1) is 0 Å². The van der Waals surface area contributed by atoms with Crippen molar-refractivity contribution in [2.75, 3.05) is 10.6 Å². The number of anilines is 3. The molecule has 11 heteroatoms. The Kier molecular flexibility index (Phi) is 6.50. The summed E-state index contributed by atoms with van der Waals surface area (Å²) in [6.45, 7) is 0. The van der Waals surface area contributed by atoms with Gasteiger partial charge < -0.3 is 20.8 Å². The molecule has 2 aliphatic carbocycles. The summed E-state index contributed by atoms with van der Waals surface area (Å²) in [7, 11) is 0. The second-order valence-electron chi connectivity index (χ2n) is 9.45. The molecule has 35 heavy (non-hydrogen) atoms. The number of nitrogens with zero attached hydrogens (tertiary/aromatic N) is 4. The van der Waals surface area contributed by atoms with E-state index in [4.69, 9.17) is 4.98 Å². The topological polar surface area (TPSA) is 125 Å². The molecule has 0 amide bonds. The molecule has 2 aliphatic rings. The highest BCUT2D eigenvalue weighted by Crippen LogP contribution is 2.37. The Bertz CT molecular complexity index is 1220. The predicted molar refractivity (Wildman–Crippen MR) is 125 cm³/mol. The van der Waals surface area contributed by atoms with Gasteiger partial charge >= 0.3 is 5.97 Å². The number of carboxylic acids is 1. The molecule has 3 aromatic rings. The maximum Gasteiger partial charge on any atom is 0.306 e. The van der Waals surface area contributed by atoms with Crippen molar-refractivity contribution in [1.29, 1.82) is 0 Å². The van der Waals surface area contributed by atoms with Gasteiger partial charge in [-0.3, -0.25) is 9.36 Å². The molecule has 4 N–H and O–H groups in total. The summed E-state index contributed by atoms with van der Waals surface area (Å²) in [4.78, 5) is 25.2. The van der Waals surface area contributed by atoms with E-state index in [1.807, 2.05) is 4.57 Å². The van der Waals surface area contributed by atoms with Crippen LogP contribution in [-0.2, 0) is 4.79 Å². The van der Waals surface area contributed by atoms with Gasteiger partial charge in [-0.05, 0) is 63.5 Å². The molecule has 2 heterocycles. The monoisotopic (exact) mass is 486 g/mol. The summed E-state index contributed by atoms with van der Waals surface area (Å²) in [5.74, 6) is -1.82. The smallest absolute Gasteiger partial charge is 0.306 e. The van der Waals surface area contributed by atoms with Crippen LogP contribution in [0.1, 0.15) is 57.4 Å². The number of nitrogens with one attached hydrogen (secondary N) is 2. The lowest BCUT2D eigenvalue weighted by atomic mass is 9.86. The van der Waals surface area contributed by atoms with E-state index in [0.717, 1.165) is 31.7 Å². The number of aromatic nitrogens is 4. The number of carbonyl (C=O) groups is 1. The number of halogens is 2. The fourth-order valence-corrected chi connectivity index (χ4v) is 5.09. The maximum atomic E-state index is 14.4. The number of hydrogen-bond donors (Lipinski definition) is 4. The minimum absolute atomic E-state index is 0.0780. The lowest BCUT2D eigenvalue weighted by Gasteiger charge is -2.29. The maximum absolute atomic E-state index is 14.4. The van der Waals surface area contributed by atoms with Gasteiger partial charge in [-0.2, -0.15) is 4.98 Å². The van der Waals surface area contributed by atoms with Gasteiger partial charge in [0.05, 0.1) is 23.9 Å². The van der Waals surface area contributed by atoms with Crippen LogP contribution in [-0.4, -0.2) is 47.8 Å². The number of fused-ring (bicyclic) bond motifs is 1. The first-order valence-electron chi connectivity index (χ1n) is 12.0. The molecule has 0 radical (unpaired) electrons. The van der Waals surface area contributed by atoms with Crippen LogP contribution in [0.25, 0.3) is 11.2 Å². The van der Waals surface area contributed by atoms with Gasteiger partial charge in [-0.25, -0.2) is 18.7 Å². The molecule has 0 aliphatic heterocycles.